The molecule has 0 aromatic rings. The zero-order valence-corrected chi connectivity index (χ0v) is 13.9. The zero-order valence-electron chi connectivity index (χ0n) is 13.1. The van der Waals surface area contributed by atoms with Gasteiger partial charge in [0.25, 0.3) is 10.1 Å². The first-order valence-corrected chi connectivity index (χ1v) is 9.56. The predicted molar refractivity (Wildman–Crippen MR) is 83.5 cm³/mol. The Morgan fingerprint density at radius 3 is 1.95 bits per heavy atom. The van der Waals surface area contributed by atoms with E-state index in [1.54, 1.807) is 6.92 Å². The third-order valence-electron chi connectivity index (χ3n) is 3.83. The SMILES string of the molecule is CCCCCCCCC(O)CCCC(CC)S(=O)(=O)O. The second kappa shape index (κ2) is 11.5. The lowest BCUT2D eigenvalue weighted by molar-refractivity contribution is 0.147. The summed E-state index contributed by atoms with van der Waals surface area (Å²) >= 11 is 0. The van der Waals surface area contributed by atoms with Gasteiger partial charge in [-0.15, -0.1) is 0 Å². The quantitative estimate of drug-likeness (QED) is 0.399. The Hall–Kier alpha value is -0.130. The summed E-state index contributed by atoms with van der Waals surface area (Å²) in [5.74, 6) is 0. The Morgan fingerprint density at radius 1 is 0.850 bits per heavy atom. The van der Waals surface area contributed by atoms with Crippen LogP contribution in [0.15, 0.2) is 0 Å². The summed E-state index contributed by atoms with van der Waals surface area (Å²) in [4.78, 5) is 0. The first-order chi connectivity index (χ1) is 9.41. The van der Waals surface area contributed by atoms with Gasteiger partial charge in [0, 0.05) is 0 Å². The van der Waals surface area contributed by atoms with Gasteiger partial charge < -0.3 is 5.11 Å². The molecule has 0 rings (SSSR count). The highest BCUT2D eigenvalue weighted by Gasteiger charge is 2.20. The number of aliphatic hydroxyl groups excluding tert-OH is 1. The Morgan fingerprint density at radius 2 is 1.40 bits per heavy atom. The van der Waals surface area contributed by atoms with Gasteiger partial charge >= 0.3 is 0 Å². The van der Waals surface area contributed by atoms with Crippen LogP contribution in [-0.2, 0) is 10.1 Å². The first-order valence-electron chi connectivity index (χ1n) is 8.06. The summed E-state index contributed by atoms with van der Waals surface area (Å²) in [5.41, 5.74) is 0. The van der Waals surface area contributed by atoms with Gasteiger partial charge in [-0.2, -0.15) is 8.42 Å². The molecule has 0 aliphatic heterocycles. The molecule has 2 unspecified atom stereocenters. The lowest BCUT2D eigenvalue weighted by Crippen LogP contribution is -2.20. The molecule has 0 spiro atoms. The van der Waals surface area contributed by atoms with Gasteiger partial charge in [0.15, 0.2) is 0 Å². The van der Waals surface area contributed by atoms with Crippen molar-refractivity contribution in [2.24, 2.45) is 0 Å². The highest BCUT2D eigenvalue weighted by molar-refractivity contribution is 7.86. The predicted octanol–water partition coefficient (Wildman–Crippen LogP) is 3.93. The minimum absolute atomic E-state index is 0.333. The lowest BCUT2D eigenvalue weighted by Gasteiger charge is -2.13. The highest BCUT2D eigenvalue weighted by Crippen LogP contribution is 2.16. The molecular formula is C15H32O4S. The number of rotatable bonds is 13. The van der Waals surface area contributed by atoms with Crippen LogP contribution in [0.5, 0.6) is 0 Å². The van der Waals surface area contributed by atoms with Crippen molar-refractivity contribution >= 4 is 10.1 Å². The second-order valence-electron chi connectivity index (χ2n) is 5.69. The zero-order chi connectivity index (χ0) is 15.4. The van der Waals surface area contributed by atoms with Gasteiger partial charge in [0.2, 0.25) is 0 Å². The Bertz CT molecular complexity index is 314. The minimum Gasteiger partial charge on any atom is -0.393 e. The fourth-order valence-corrected chi connectivity index (χ4v) is 3.34. The van der Waals surface area contributed by atoms with Gasteiger partial charge in [-0.1, -0.05) is 52.4 Å². The molecule has 2 atom stereocenters. The molecular weight excluding hydrogens is 276 g/mol. The largest absolute Gasteiger partial charge is 0.393 e. The number of hydrogen-bond acceptors (Lipinski definition) is 3. The van der Waals surface area contributed by atoms with Crippen molar-refractivity contribution < 1.29 is 18.1 Å². The van der Waals surface area contributed by atoms with E-state index in [0.717, 1.165) is 12.8 Å². The maximum Gasteiger partial charge on any atom is 0.267 e. The normalized spacial score (nSPS) is 15.2. The molecule has 0 aliphatic carbocycles. The molecule has 0 heterocycles. The molecule has 0 aliphatic rings. The molecule has 0 fully saturated rings. The lowest BCUT2D eigenvalue weighted by atomic mass is 10.0. The molecule has 0 aromatic heterocycles. The van der Waals surface area contributed by atoms with Crippen molar-refractivity contribution in [3.05, 3.63) is 0 Å². The van der Waals surface area contributed by atoms with Gasteiger partial charge in [-0.3, -0.25) is 4.55 Å². The molecule has 122 valence electrons. The van der Waals surface area contributed by atoms with Gasteiger partial charge in [-0.25, -0.2) is 0 Å². The summed E-state index contributed by atoms with van der Waals surface area (Å²) < 4.78 is 31.1. The number of aliphatic hydroxyl groups is 1. The summed E-state index contributed by atoms with van der Waals surface area (Å²) in [6.07, 6.45) is 9.85. The molecule has 2 N–H and O–H groups in total. The number of hydrogen-bond donors (Lipinski definition) is 2. The van der Waals surface area contributed by atoms with Crippen molar-refractivity contribution in [3.63, 3.8) is 0 Å². The van der Waals surface area contributed by atoms with Crippen LogP contribution in [0.2, 0.25) is 0 Å². The van der Waals surface area contributed by atoms with Gasteiger partial charge in [0.1, 0.15) is 0 Å². The molecule has 4 nitrogen and oxygen atoms in total. The van der Waals surface area contributed by atoms with Crippen LogP contribution in [-0.4, -0.2) is 29.4 Å². The van der Waals surface area contributed by atoms with Crippen molar-refractivity contribution in [1.29, 1.82) is 0 Å². The van der Waals surface area contributed by atoms with Crippen molar-refractivity contribution in [1.82, 2.24) is 0 Å². The van der Waals surface area contributed by atoms with Gasteiger partial charge in [0.05, 0.1) is 11.4 Å². The summed E-state index contributed by atoms with van der Waals surface area (Å²) in [5, 5.41) is 9.15. The van der Waals surface area contributed by atoms with Crippen molar-refractivity contribution in [2.75, 3.05) is 0 Å². The molecule has 0 radical (unpaired) electrons. The molecule has 20 heavy (non-hydrogen) atoms. The summed E-state index contributed by atoms with van der Waals surface area (Å²) in [7, 11) is -3.92. The van der Waals surface area contributed by atoms with E-state index in [1.807, 2.05) is 0 Å². The van der Waals surface area contributed by atoms with Crippen LogP contribution >= 0.6 is 0 Å². The van der Waals surface area contributed by atoms with E-state index in [0.29, 0.717) is 25.7 Å². The third kappa shape index (κ3) is 10.6. The van der Waals surface area contributed by atoms with Gasteiger partial charge in [-0.05, 0) is 32.1 Å². The standard InChI is InChI=1S/C15H32O4S/c1-3-5-6-7-8-9-11-14(16)12-10-13-15(4-2)20(17,18)19/h14-16H,3-13H2,1-2H3,(H,17,18,19). The maximum absolute atomic E-state index is 11.0. The first kappa shape index (κ1) is 19.9. The van der Waals surface area contributed by atoms with Crippen LogP contribution in [0.25, 0.3) is 0 Å². The van der Waals surface area contributed by atoms with E-state index in [9.17, 15) is 13.5 Å². The van der Waals surface area contributed by atoms with Crippen LogP contribution in [0.1, 0.15) is 84.5 Å². The molecule has 0 amide bonds. The molecule has 0 aromatic carbocycles. The van der Waals surface area contributed by atoms with Crippen molar-refractivity contribution in [2.45, 2.75) is 95.8 Å². The monoisotopic (exact) mass is 308 g/mol. The van der Waals surface area contributed by atoms with Crippen LogP contribution in [0, 0.1) is 0 Å². The van der Waals surface area contributed by atoms with E-state index >= 15 is 0 Å². The summed E-state index contributed by atoms with van der Waals surface area (Å²) in [6.45, 7) is 3.95. The molecule has 0 saturated heterocycles. The molecule has 0 bridgehead atoms. The summed E-state index contributed by atoms with van der Waals surface area (Å²) in [6, 6.07) is 0. The van der Waals surface area contributed by atoms with Crippen molar-refractivity contribution in [3.8, 4) is 0 Å². The average molecular weight is 308 g/mol. The Kier molecular flexibility index (Phi) is 11.4. The Balaban J connectivity index is 3.60. The fraction of sp³-hybridized carbons (Fsp3) is 1.00. The minimum atomic E-state index is -3.92. The van der Waals surface area contributed by atoms with E-state index in [2.05, 4.69) is 6.92 Å². The van der Waals surface area contributed by atoms with Crippen LogP contribution in [0.3, 0.4) is 0 Å². The van der Waals surface area contributed by atoms with E-state index in [4.69, 9.17) is 4.55 Å². The molecule has 5 heteroatoms. The van der Waals surface area contributed by atoms with E-state index in [1.165, 1.54) is 32.1 Å². The molecule has 0 saturated carbocycles. The number of unbranched alkanes of at least 4 members (excludes halogenated alkanes) is 5. The third-order valence-corrected chi connectivity index (χ3v) is 5.24. The fourth-order valence-electron chi connectivity index (χ4n) is 2.45. The van der Waals surface area contributed by atoms with E-state index in [-0.39, 0.29) is 6.10 Å². The second-order valence-corrected chi connectivity index (χ2v) is 7.38. The van der Waals surface area contributed by atoms with E-state index < -0.39 is 15.4 Å². The smallest absolute Gasteiger partial charge is 0.267 e. The maximum atomic E-state index is 11.0. The Labute approximate surface area is 124 Å². The highest BCUT2D eigenvalue weighted by atomic mass is 32.2. The topological polar surface area (TPSA) is 74.6 Å². The van der Waals surface area contributed by atoms with Crippen LogP contribution in [0.4, 0.5) is 0 Å². The average Bonchev–Trinajstić information content (AvgIpc) is 2.37. The van der Waals surface area contributed by atoms with Crippen LogP contribution < -0.4 is 0 Å².